The topological polar surface area (TPSA) is 70.8 Å². The van der Waals surface area contributed by atoms with Crippen molar-refractivity contribution in [3.8, 4) is 0 Å². The van der Waals surface area contributed by atoms with Gasteiger partial charge in [0.1, 0.15) is 5.76 Å². The molecule has 0 radical (unpaired) electrons. The first kappa shape index (κ1) is 17.0. The predicted octanol–water partition coefficient (Wildman–Crippen LogP) is 2.89. The summed E-state index contributed by atoms with van der Waals surface area (Å²) >= 11 is 0. The number of aliphatic carboxylic acids is 1. The number of hydrogen-bond donors (Lipinski definition) is 1. The highest BCUT2D eigenvalue weighted by Crippen LogP contribution is 2.09. The normalized spacial score (nSPS) is 12.8. The Bertz CT molecular complexity index is 476. The lowest BCUT2D eigenvalue weighted by Crippen LogP contribution is -2.37. The number of nitrogens with zero attached hydrogens (tertiary/aromatic N) is 1. The van der Waals surface area contributed by atoms with Crippen LogP contribution < -0.4 is 0 Å². The number of rotatable bonds is 8. The molecule has 1 amide bonds. The summed E-state index contributed by atoms with van der Waals surface area (Å²) in [6.07, 6.45) is 5.39. The highest BCUT2D eigenvalue weighted by molar-refractivity contribution is 5.91. The van der Waals surface area contributed by atoms with Gasteiger partial charge in [-0.25, -0.2) is 0 Å². The molecule has 0 aliphatic heterocycles. The third-order valence-corrected chi connectivity index (χ3v) is 3.14. The molecule has 0 spiro atoms. The number of carboxylic acid groups (broad SMARTS) is 1. The minimum absolute atomic E-state index is 0.194. The Kier molecular flexibility index (Phi) is 6.72. The van der Waals surface area contributed by atoms with Crippen LogP contribution in [0.3, 0.4) is 0 Å². The zero-order chi connectivity index (χ0) is 15.8. The Balaban J connectivity index is 2.69. The summed E-state index contributed by atoms with van der Waals surface area (Å²) in [4.78, 5) is 24.8. The van der Waals surface area contributed by atoms with Crippen LogP contribution in [-0.2, 0) is 9.59 Å². The van der Waals surface area contributed by atoms with E-state index in [4.69, 9.17) is 9.52 Å². The molecule has 1 atom stereocenters. The monoisotopic (exact) mass is 293 g/mol. The van der Waals surface area contributed by atoms with Crippen molar-refractivity contribution in [2.45, 2.75) is 27.2 Å². The van der Waals surface area contributed by atoms with E-state index in [-0.39, 0.29) is 12.5 Å². The van der Waals surface area contributed by atoms with Crippen molar-refractivity contribution in [2.24, 2.45) is 11.8 Å². The third-order valence-electron chi connectivity index (χ3n) is 3.14. The maximum absolute atomic E-state index is 12.2. The number of carbonyl (C=O) groups is 2. The van der Waals surface area contributed by atoms with Crippen LogP contribution in [0.25, 0.3) is 6.08 Å². The van der Waals surface area contributed by atoms with Gasteiger partial charge in [-0.1, -0.05) is 20.8 Å². The second kappa shape index (κ2) is 8.29. The predicted molar refractivity (Wildman–Crippen MR) is 80.6 cm³/mol. The van der Waals surface area contributed by atoms with Crippen LogP contribution in [0.15, 0.2) is 28.9 Å². The van der Waals surface area contributed by atoms with Crippen LogP contribution in [0, 0.1) is 11.8 Å². The summed E-state index contributed by atoms with van der Waals surface area (Å²) in [5.41, 5.74) is 0. The van der Waals surface area contributed by atoms with Crippen LogP contribution in [-0.4, -0.2) is 35.0 Å². The molecule has 5 nitrogen and oxygen atoms in total. The van der Waals surface area contributed by atoms with Gasteiger partial charge in [-0.3, -0.25) is 9.59 Å². The van der Waals surface area contributed by atoms with Gasteiger partial charge in [-0.2, -0.15) is 0 Å². The summed E-state index contributed by atoms with van der Waals surface area (Å²) < 4.78 is 5.13. The first-order valence-electron chi connectivity index (χ1n) is 7.13. The summed E-state index contributed by atoms with van der Waals surface area (Å²) in [7, 11) is 0. The molecule has 1 aromatic heterocycles. The van der Waals surface area contributed by atoms with Gasteiger partial charge in [0.2, 0.25) is 5.91 Å². The average molecular weight is 293 g/mol. The van der Waals surface area contributed by atoms with Gasteiger partial charge in [-0.15, -0.1) is 0 Å². The van der Waals surface area contributed by atoms with Gasteiger partial charge >= 0.3 is 5.97 Å². The Morgan fingerprint density at radius 1 is 1.38 bits per heavy atom. The third kappa shape index (κ3) is 6.29. The number of carbonyl (C=O) groups excluding carboxylic acids is 1. The van der Waals surface area contributed by atoms with Crippen LogP contribution in [0.2, 0.25) is 0 Å². The summed E-state index contributed by atoms with van der Waals surface area (Å²) in [5, 5.41) is 9.00. The lowest BCUT2D eigenvalue weighted by atomic mass is 10.1. The van der Waals surface area contributed by atoms with Crippen molar-refractivity contribution in [3.63, 3.8) is 0 Å². The van der Waals surface area contributed by atoms with E-state index in [9.17, 15) is 9.59 Å². The maximum Gasteiger partial charge on any atom is 0.308 e. The molecule has 0 aliphatic rings. The van der Waals surface area contributed by atoms with Gasteiger partial charge in [0, 0.05) is 19.2 Å². The number of furan rings is 1. The molecule has 1 unspecified atom stereocenters. The molecule has 1 aromatic rings. The van der Waals surface area contributed by atoms with Crippen LogP contribution in [0.5, 0.6) is 0 Å². The van der Waals surface area contributed by atoms with E-state index in [1.54, 1.807) is 30.0 Å². The molecule has 1 rings (SSSR count). The first-order valence-corrected chi connectivity index (χ1v) is 7.13. The summed E-state index contributed by atoms with van der Waals surface area (Å²) in [6.45, 7) is 6.51. The highest BCUT2D eigenvalue weighted by atomic mass is 16.4. The molecular weight excluding hydrogens is 270 g/mol. The Labute approximate surface area is 125 Å². The number of amides is 1. The minimum Gasteiger partial charge on any atom is -0.481 e. The van der Waals surface area contributed by atoms with Crippen LogP contribution in [0.4, 0.5) is 0 Å². The largest absolute Gasteiger partial charge is 0.481 e. The van der Waals surface area contributed by atoms with E-state index in [0.717, 1.165) is 6.42 Å². The Morgan fingerprint density at radius 3 is 2.62 bits per heavy atom. The standard InChI is InChI=1S/C16H23NO4/c1-12(2)8-9-17(11-13(3)16(19)20)15(18)7-6-14-5-4-10-21-14/h4-7,10,12-13H,8-9,11H2,1-3H3,(H,19,20)/b7-6+. The fraction of sp³-hybridized carbons (Fsp3) is 0.500. The quantitative estimate of drug-likeness (QED) is 0.748. The molecule has 0 bridgehead atoms. The Morgan fingerprint density at radius 2 is 2.10 bits per heavy atom. The highest BCUT2D eigenvalue weighted by Gasteiger charge is 2.19. The van der Waals surface area contributed by atoms with E-state index in [1.807, 2.05) is 0 Å². The second-order valence-electron chi connectivity index (χ2n) is 5.55. The molecule has 0 aromatic carbocycles. The Hall–Kier alpha value is -2.04. The lowest BCUT2D eigenvalue weighted by Gasteiger charge is -2.24. The maximum atomic E-state index is 12.2. The number of carboxylic acids is 1. The molecule has 0 saturated heterocycles. The average Bonchev–Trinajstić information content (AvgIpc) is 2.93. The van der Waals surface area contributed by atoms with Crippen molar-refractivity contribution in [2.75, 3.05) is 13.1 Å². The van der Waals surface area contributed by atoms with Gasteiger partial charge in [0.15, 0.2) is 0 Å². The number of hydrogen-bond acceptors (Lipinski definition) is 3. The van der Waals surface area contributed by atoms with Crippen molar-refractivity contribution in [1.29, 1.82) is 0 Å². The van der Waals surface area contributed by atoms with E-state index >= 15 is 0 Å². The van der Waals surface area contributed by atoms with E-state index in [2.05, 4.69) is 13.8 Å². The fourth-order valence-corrected chi connectivity index (χ4v) is 1.76. The molecule has 5 heteroatoms. The zero-order valence-electron chi connectivity index (χ0n) is 12.8. The molecule has 0 saturated carbocycles. The van der Waals surface area contributed by atoms with Gasteiger partial charge < -0.3 is 14.4 Å². The van der Waals surface area contributed by atoms with E-state index in [0.29, 0.717) is 18.2 Å². The molecule has 116 valence electrons. The van der Waals surface area contributed by atoms with Crippen molar-refractivity contribution < 1.29 is 19.1 Å². The molecule has 21 heavy (non-hydrogen) atoms. The minimum atomic E-state index is -0.896. The van der Waals surface area contributed by atoms with Crippen molar-refractivity contribution >= 4 is 18.0 Å². The smallest absolute Gasteiger partial charge is 0.308 e. The molecule has 0 fully saturated rings. The van der Waals surface area contributed by atoms with Crippen LogP contribution >= 0.6 is 0 Å². The van der Waals surface area contributed by atoms with Gasteiger partial charge in [-0.05, 0) is 30.5 Å². The SMILES string of the molecule is CC(C)CCN(CC(C)C(=O)O)C(=O)/C=C/c1ccco1. The first-order chi connectivity index (χ1) is 9.90. The summed E-state index contributed by atoms with van der Waals surface area (Å²) in [6, 6.07) is 3.50. The van der Waals surface area contributed by atoms with Crippen molar-refractivity contribution in [1.82, 2.24) is 4.90 Å². The lowest BCUT2D eigenvalue weighted by molar-refractivity contribution is -0.142. The molecule has 1 N–H and O–H groups in total. The molecule has 0 aliphatic carbocycles. The second-order valence-corrected chi connectivity index (χ2v) is 5.55. The zero-order valence-corrected chi connectivity index (χ0v) is 12.8. The fourth-order valence-electron chi connectivity index (χ4n) is 1.76. The van der Waals surface area contributed by atoms with Gasteiger partial charge in [0.05, 0.1) is 12.2 Å². The summed E-state index contributed by atoms with van der Waals surface area (Å²) in [5.74, 6) is -0.626. The molecule has 1 heterocycles. The van der Waals surface area contributed by atoms with E-state index < -0.39 is 11.9 Å². The van der Waals surface area contributed by atoms with E-state index in [1.165, 1.54) is 12.3 Å². The molecular formula is C16H23NO4. The van der Waals surface area contributed by atoms with Gasteiger partial charge in [0.25, 0.3) is 0 Å². The van der Waals surface area contributed by atoms with Crippen LogP contribution in [0.1, 0.15) is 33.0 Å². The van der Waals surface area contributed by atoms with Crippen molar-refractivity contribution in [3.05, 3.63) is 30.2 Å².